The Morgan fingerprint density at radius 3 is 2.12 bits per heavy atom. The quantitative estimate of drug-likeness (QED) is 0.636. The van der Waals surface area contributed by atoms with Gasteiger partial charge in [-0.05, 0) is 24.3 Å². The average molecular weight is 226 g/mol. The van der Waals surface area contributed by atoms with Crippen molar-refractivity contribution in [1.29, 1.82) is 0 Å². The first-order chi connectivity index (χ1) is 7.59. The van der Waals surface area contributed by atoms with E-state index in [1.165, 1.54) is 24.3 Å². The molecule has 16 heavy (non-hydrogen) atoms. The summed E-state index contributed by atoms with van der Waals surface area (Å²) in [7, 11) is 0. The Bertz CT molecular complexity index is 303. The van der Waals surface area contributed by atoms with Gasteiger partial charge in [0.25, 0.3) is 0 Å². The molecule has 0 aliphatic rings. The number of aromatic hydroxyl groups is 1. The summed E-state index contributed by atoms with van der Waals surface area (Å²) in [5.74, 6) is -0.158. The molecule has 0 amide bonds. The van der Waals surface area contributed by atoms with E-state index >= 15 is 0 Å². The van der Waals surface area contributed by atoms with Gasteiger partial charge in [0.15, 0.2) is 5.75 Å². The number of benzene rings is 1. The summed E-state index contributed by atoms with van der Waals surface area (Å²) >= 11 is 0. The molecule has 0 atom stereocenters. The van der Waals surface area contributed by atoms with Crippen molar-refractivity contribution in [3.8, 4) is 11.5 Å². The zero-order valence-electron chi connectivity index (χ0n) is 10.1. The van der Waals surface area contributed by atoms with Crippen LogP contribution in [-0.4, -0.2) is 11.1 Å². The largest absolute Gasteiger partial charge is 0.508 e. The van der Waals surface area contributed by atoms with Crippen LogP contribution in [0.4, 0.5) is 0 Å². The van der Waals surface area contributed by atoms with E-state index in [4.69, 9.17) is 9.99 Å². The lowest BCUT2D eigenvalue weighted by Gasteiger charge is -2.05. The first-order valence-electron chi connectivity index (χ1n) is 5.27. The summed E-state index contributed by atoms with van der Waals surface area (Å²) in [5, 5.41) is 8.96. The van der Waals surface area contributed by atoms with E-state index < -0.39 is 5.97 Å². The van der Waals surface area contributed by atoms with Crippen LogP contribution in [0.15, 0.2) is 24.3 Å². The summed E-state index contributed by atoms with van der Waals surface area (Å²) < 4.78 is 0. The van der Waals surface area contributed by atoms with Crippen molar-refractivity contribution < 1.29 is 19.7 Å². The van der Waals surface area contributed by atoms with Crippen LogP contribution in [0, 0.1) is 5.92 Å². The van der Waals surface area contributed by atoms with Gasteiger partial charge in [-0.3, -0.25) is 9.78 Å². The predicted octanol–water partition coefficient (Wildman–Crippen LogP) is 2.91. The van der Waals surface area contributed by atoms with E-state index in [9.17, 15) is 4.79 Å². The predicted molar refractivity (Wildman–Crippen MR) is 61.0 cm³/mol. The maximum atomic E-state index is 11.0. The van der Waals surface area contributed by atoms with Gasteiger partial charge in [0.2, 0.25) is 0 Å². The molecule has 0 aromatic heterocycles. The highest BCUT2D eigenvalue weighted by Crippen LogP contribution is 2.16. The van der Waals surface area contributed by atoms with Gasteiger partial charge in [0, 0.05) is 0 Å². The van der Waals surface area contributed by atoms with Crippen LogP contribution in [0.5, 0.6) is 11.5 Å². The highest BCUT2D eigenvalue weighted by Gasteiger charge is 2.10. The average Bonchev–Trinajstić information content (AvgIpc) is 2.30. The molecule has 0 heterocycles. The van der Waals surface area contributed by atoms with Gasteiger partial charge in [0.05, 0.1) is 5.92 Å². The minimum absolute atomic E-state index is 0.132. The summed E-state index contributed by atoms with van der Waals surface area (Å²) in [4.78, 5) is 20.2. The van der Waals surface area contributed by atoms with Crippen molar-refractivity contribution in [1.82, 2.24) is 0 Å². The third-order valence-corrected chi connectivity index (χ3v) is 1.53. The second kappa shape index (κ2) is 7.56. The fourth-order valence-electron chi connectivity index (χ4n) is 0.687. The smallest absolute Gasteiger partial charge is 0.357 e. The minimum atomic E-state index is -0.432. The van der Waals surface area contributed by atoms with Crippen molar-refractivity contribution >= 4 is 5.97 Å². The lowest BCUT2D eigenvalue weighted by Crippen LogP contribution is -2.13. The molecule has 4 heteroatoms. The molecule has 1 rings (SSSR count). The minimum Gasteiger partial charge on any atom is -0.508 e. The highest BCUT2D eigenvalue weighted by molar-refractivity contribution is 5.70. The number of hydrogen-bond donors (Lipinski definition) is 1. The Balaban J connectivity index is 0.00000106. The standard InChI is InChI=1S/C10H12O4.C2H6/c1-7(2)10(12)14-13-9-5-3-8(11)4-6-9;1-2/h3-7,11H,1-2H3;1-2H3. The molecule has 1 aromatic carbocycles. The van der Waals surface area contributed by atoms with Crippen LogP contribution in [-0.2, 0) is 9.68 Å². The van der Waals surface area contributed by atoms with Crippen molar-refractivity contribution in [2.24, 2.45) is 5.92 Å². The van der Waals surface area contributed by atoms with Gasteiger partial charge in [-0.2, -0.15) is 0 Å². The molecule has 1 N–H and O–H groups in total. The normalized spacial score (nSPS) is 9.06. The van der Waals surface area contributed by atoms with E-state index in [1.807, 2.05) is 13.8 Å². The maximum absolute atomic E-state index is 11.0. The Morgan fingerprint density at radius 2 is 1.69 bits per heavy atom. The van der Waals surface area contributed by atoms with E-state index in [0.29, 0.717) is 5.75 Å². The van der Waals surface area contributed by atoms with Crippen molar-refractivity contribution in [3.63, 3.8) is 0 Å². The lowest BCUT2D eigenvalue weighted by atomic mass is 10.2. The van der Waals surface area contributed by atoms with Crippen LogP contribution >= 0.6 is 0 Å². The highest BCUT2D eigenvalue weighted by atomic mass is 17.2. The third-order valence-electron chi connectivity index (χ3n) is 1.53. The van der Waals surface area contributed by atoms with Crippen LogP contribution in [0.2, 0.25) is 0 Å². The van der Waals surface area contributed by atoms with Gasteiger partial charge in [-0.25, -0.2) is 4.79 Å². The Labute approximate surface area is 95.7 Å². The Morgan fingerprint density at radius 1 is 1.19 bits per heavy atom. The number of carbonyl (C=O) groups excluding carboxylic acids is 1. The first kappa shape index (κ1) is 14.3. The molecule has 0 aliphatic carbocycles. The second-order valence-corrected chi connectivity index (χ2v) is 3.13. The number of rotatable bonds is 3. The molecule has 0 radical (unpaired) electrons. The van der Waals surface area contributed by atoms with E-state index in [0.717, 1.165) is 0 Å². The molecule has 0 bridgehead atoms. The lowest BCUT2D eigenvalue weighted by molar-refractivity contribution is -0.217. The topological polar surface area (TPSA) is 55.8 Å². The summed E-state index contributed by atoms with van der Waals surface area (Å²) in [5.41, 5.74) is 0. The Hall–Kier alpha value is -1.71. The molecule has 0 saturated heterocycles. The third kappa shape index (κ3) is 5.24. The molecule has 1 aromatic rings. The van der Waals surface area contributed by atoms with Gasteiger partial charge >= 0.3 is 5.97 Å². The van der Waals surface area contributed by atoms with Crippen LogP contribution in [0.1, 0.15) is 27.7 Å². The van der Waals surface area contributed by atoms with Gasteiger partial charge in [-0.1, -0.05) is 27.7 Å². The SMILES string of the molecule is CC.CC(C)C(=O)OOc1ccc(O)cc1. The van der Waals surface area contributed by atoms with Gasteiger partial charge in [-0.15, -0.1) is 0 Å². The summed E-state index contributed by atoms with van der Waals surface area (Å²) in [6.07, 6.45) is 0. The number of hydrogen-bond acceptors (Lipinski definition) is 4. The van der Waals surface area contributed by atoms with Crippen LogP contribution in [0.3, 0.4) is 0 Å². The van der Waals surface area contributed by atoms with Crippen molar-refractivity contribution in [3.05, 3.63) is 24.3 Å². The van der Waals surface area contributed by atoms with Crippen LogP contribution < -0.4 is 4.89 Å². The maximum Gasteiger partial charge on any atom is 0.357 e. The van der Waals surface area contributed by atoms with Crippen molar-refractivity contribution in [2.75, 3.05) is 0 Å². The van der Waals surface area contributed by atoms with Crippen LogP contribution in [0.25, 0.3) is 0 Å². The zero-order valence-corrected chi connectivity index (χ0v) is 10.1. The fraction of sp³-hybridized carbons (Fsp3) is 0.417. The van der Waals surface area contributed by atoms with Crippen molar-refractivity contribution in [2.45, 2.75) is 27.7 Å². The van der Waals surface area contributed by atoms with E-state index in [2.05, 4.69) is 4.89 Å². The van der Waals surface area contributed by atoms with E-state index in [-0.39, 0.29) is 11.7 Å². The second-order valence-electron chi connectivity index (χ2n) is 3.13. The molecule has 0 fully saturated rings. The van der Waals surface area contributed by atoms with Gasteiger partial charge in [0.1, 0.15) is 5.75 Å². The Kier molecular flexibility index (Phi) is 6.76. The molecule has 0 aliphatic heterocycles. The zero-order chi connectivity index (χ0) is 12.6. The summed E-state index contributed by atoms with van der Waals surface area (Å²) in [6, 6.07) is 5.89. The van der Waals surface area contributed by atoms with E-state index in [1.54, 1.807) is 13.8 Å². The number of phenols is 1. The molecule has 0 unspecified atom stereocenters. The monoisotopic (exact) mass is 226 g/mol. The fourth-order valence-corrected chi connectivity index (χ4v) is 0.687. The molecular weight excluding hydrogens is 208 g/mol. The number of carbonyl (C=O) groups is 1. The molecule has 0 spiro atoms. The summed E-state index contributed by atoms with van der Waals surface area (Å²) in [6.45, 7) is 7.42. The molecule has 90 valence electrons. The number of phenolic OH excluding ortho intramolecular Hbond substituents is 1. The molecular formula is C12H18O4. The first-order valence-corrected chi connectivity index (χ1v) is 5.27. The molecule has 4 nitrogen and oxygen atoms in total. The molecule has 0 saturated carbocycles. The van der Waals surface area contributed by atoms with Gasteiger partial charge < -0.3 is 5.11 Å².